The Morgan fingerprint density at radius 3 is 2.78 bits per heavy atom. The highest BCUT2D eigenvalue weighted by molar-refractivity contribution is 7.91. The first-order valence-corrected chi connectivity index (χ1v) is 8.16. The molecule has 1 heterocycles. The van der Waals surface area contributed by atoms with Crippen LogP contribution in [0.15, 0.2) is 30.5 Å². The minimum atomic E-state index is -2.87. The van der Waals surface area contributed by atoms with Crippen LogP contribution in [0.2, 0.25) is 5.02 Å². The topological polar surface area (TPSA) is 39.1 Å². The molecule has 1 aromatic carbocycles. The van der Waals surface area contributed by atoms with Gasteiger partial charge in [-0.1, -0.05) is 24.6 Å². The van der Waals surface area contributed by atoms with Crippen LogP contribution in [0.5, 0.6) is 0 Å². The minimum Gasteiger partial charge on any atom is -0.347 e. The average Bonchev–Trinajstić information content (AvgIpc) is 2.72. The lowest BCUT2D eigenvalue weighted by Gasteiger charge is -2.06. The van der Waals surface area contributed by atoms with Crippen molar-refractivity contribution in [3.05, 3.63) is 35.5 Å². The van der Waals surface area contributed by atoms with Crippen LogP contribution < -0.4 is 0 Å². The summed E-state index contributed by atoms with van der Waals surface area (Å²) in [6, 6.07) is 7.75. The molecule has 0 radical (unpaired) electrons. The summed E-state index contributed by atoms with van der Waals surface area (Å²) >= 11 is 5.97. The molecule has 0 fully saturated rings. The molecular formula is C13H16ClNO2S. The Morgan fingerprint density at radius 1 is 1.28 bits per heavy atom. The number of fused-ring (bicyclic) bond motifs is 1. The lowest BCUT2D eigenvalue weighted by Crippen LogP contribution is -2.10. The second-order valence-electron chi connectivity index (χ2n) is 4.30. The van der Waals surface area contributed by atoms with Crippen molar-refractivity contribution >= 4 is 32.3 Å². The van der Waals surface area contributed by atoms with Crippen molar-refractivity contribution in [1.82, 2.24) is 4.57 Å². The van der Waals surface area contributed by atoms with Crippen molar-refractivity contribution in [3.8, 4) is 0 Å². The van der Waals surface area contributed by atoms with Crippen molar-refractivity contribution in [2.75, 3.05) is 11.5 Å². The summed E-state index contributed by atoms with van der Waals surface area (Å²) < 4.78 is 24.9. The Morgan fingerprint density at radius 2 is 2.06 bits per heavy atom. The first-order chi connectivity index (χ1) is 8.52. The van der Waals surface area contributed by atoms with E-state index in [2.05, 4.69) is 0 Å². The number of nitrogens with zero attached hydrogens (tertiary/aromatic N) is 1. The van der Waals surface area contributed by atoms with E-state index in [1.54, 1.807) is 6.92 Å². The van der Waals surface area contributed by atoms with Crippen LogP contribution in [0.1, 0.15) is 13.3 Å². The molecule has 0 saturated carbocycles. The Hall–Kier alpha value is -1.00. The number of benzene rings is 1. The lowest BCUT2D eigenvalue weighted by atomic mass is 10.2. The Kier molecular flexibility index (Phi) is 3.97. The monoisotopic (exact) mass is 285 g/mol. The number of rotatable bonds is 5. The predicted octanol–water partition coefficient (Wildman–Crippen LogP) is 3.12. The van der Waals surface area contributed by atoms with Gasteiger partial charge in [-0.25, -0.2) is 8.42 Å². The van der Waals surface area contributed by atoms with E-state index in [-0.39, 0.29) is 11.5 Å². The molecule has 2 aromatic rings. The molecule has 0 atom stereocenters. The van der Waals surface area contributed by atoms with E-state index in [1.165, 1.54) is 0 Å². The molecule has 0 saturated heterocycles. The number of hydrogen-bond donors (Lipinski definition) is 0. The zero-order valence-electron chi connectivity index (χ0n) is 10.3. The highest BCUT2D eigenvalue weighted by Gasteiger charge is 2.07. The summed E-state index contributed by atoms with van der Waals surface area (Å²) in [6.45, 7) is 2.38. The van der Waals surface area contributed by atoms with Crippen molar-refractivity contribution in [2.24, 2.45) is 0 Å². The highest BCUT2D eigenvalue weighted by atomic mass is 35.5. The molecule has 98 valence electrons. The summed E-state index contributed by atoms with van der Waals surface area (Å²) in [7, 11) is -2.87. The number of aryl methyl sites for hydroxylation is 1. The van der Waals surface area contributed by atoms with Crippen molar-refractivity contribution in [1.29, 1.82) is 0 Å². The van der Waals surface area contributed by atoms with E-state index in [4.69, 9.17) is 11.6 Å². The second-order valence-corrected chi connectivity index (χ2v) is 7.21. The average molecular weight is 286 g/mol. The van der Waals surface area contributed by atoms with E-state index in [1.807, 2.05) is 35.0 Å². The van der Waals surface area contributed by atoms with Gasteiger partial charge in [0.2, 0.25) is 0 Å². The van der Waals surface area contributed by atoms with E-state index in [0.717, 1.165) is 10.9 Å². The fourth-order valence-corrected chi connectivity index (χ4v) is 2.98. The van der Waals surface area contributed by atoms with Gasteiger partial charge < -0.3 is 4.57 Å². The molecule has 2 rings (SSSR count). The maximum absolute atomic E-state index is 11.4. The summed E-state index contributed by atoms with van der Waals surface area (Å²) in [5, 5.41) is 1.82. The zero-order chi connectivity index (χ0) is 13.2. The minimum absolute atomic E-state index is 0.214. The zero-order valence-corrected chi connectivity index (χ0v) is 11.8. The van der Waals surface area contributed by atoms with Gasteiger partial charge in [-0.15, -0.1) is 0 Å². The van der Waals surface area contributed by atoms with Crippen molar-refractivity contribution in [2.45, 2.75) is 19.9 Å². The van der Waals surface area contributed by atoms with Crippen LogP contribution in [-0.4, -0.2) is 24.5 Å². The largest absolute Gasteiger partial charge is 0.347 e. The third kappa shape index (κ3) is 3.06. The number of hydrogen-bond acceptors (Lipinski definition) is 2. The fourth-order valence-electron chi connectivity index (χ4n) is 1.95. The second kappa shape index (κ2) is 5.33. The summed E-state index contributed by atoms with van der Waals surface area (Å²) in [5.41, 5.74) is 1.05. The normalized spacial score (nSPS) is 12.1. The van der Waals surface area contributed by atoms with Crippen LogP contribution in [-0.2, 0) is 16.4 Å². The van der Waals surface area contributed by atoms with Crippen LogP contribution in [0.4, 0.5) is 0 Å². The van der Waals surface area contributed by atoms with E-state index < -0.39 is 9.84 Å². The van der Waals surface area contributed by atoms with Gasteiger partial charge in [-0.3, -0.25) is 0 Å². The number of aromatic nitrogens is 1. The van der Waals surface area contributed by atoms with Crippen LogP contribution >= 0.6 is 11.6 Å². The lowest BCUT2D eigenvalue weighted by molar-refractivity contribution is 0.589. The fraction of sp³-hybridized carbons (Fsp3) is 0.385. The van der Waals surface area contributed by atoms with Crippen LogP contribution in [0, 0.1) is 0 Å². The SMILES string of the molecule is CCS(=O)(=O)CCCn1ccc2ccc(Cl)cc21. The molecule has 5 heteroatoms. The molecule has 0 aliphatic heterocycles. The third-order valence-corrected chi connectivity index (χ3v) is 5.06. The third-order valence-electron chi connectivity index (χ3n) is 3.03. The van der Waals surface area contributed by atoms with Crippen molar-refractivity contribution in [3.63, 3.8) is 0 Å². The first-order valence-electron chi connectivity index (χ1n) is 5.96. The molecule has 3 nitrogen and oxygen atoms in total. The van der Waals surface area contributed by atoms with E-state index in [9.17, 15) is 8.42 Å². The predicted molar refractivity (Wildman–Crippen MR) is 75.9 cm³/mol. The van der Waals surface area contributed by atoms with Crippen LogP contribution in [0.3, 0.4) is 0 Å². The molecule has 0 spiro atoms. The molecule has 0 aliphatic carbocycles. The van der Waals surface area contributed by atoms with Gasteiger partial charge in [-0.05, 0) is 30.0 Å². The van der Waals surface area contributed by atoms with Gasteiger partial charge in [0.05, 0.1) is 5.75 Å². The smallest absolute Gasteiger partial charge is 0.150 e. The molecule has 0 aliphatic rings. The molecule has 0 bridgehead atoms. The van der Waals surface area contributed by atoms with Gasteiger partial charge >= 0.3 is 0 Å². The van der Waals surface area contributed by atoms with Crippen molar-refractivity contribution < 1.29 is 8.42 Å². The van der Waals surface area contributed by atoms with E-state index >= 15 is 0 Å². The summed E-state index contributed by atoms with van der Waals surface area (Å²) in [6.07, 6.45) is 2.60. The van der Waals surface area contributed by atoms with Gasteiger partial charge in [0.25, 0.3) is 0 Å². The molecule has 0 unspecified atom stereocenters. The maximum atomic E-state index is 11.4. The Balaban J connectivity index is 2.11. The van der Waals surface area contributed by atoms with Crippen LogP contribution in [0.25, 0.3) is 10.9 Å². The van der Waals surface area contributed by atoms with E-state index in [0.29, 0.717) is 18.0 Å². The van der Waals surface area contributed by atoms with Gasteiger partial charge in [0, 0.05) is 29.0 Å². The van der Waals surface area contributed by atoms with Gasteiger partial charge in [0.15, 0.2) is 0 Å². The molecule has 0 amide bonds. The maximum Gasteiger partial charge on any atom is 0.150 e. The molecule has 1 aromatic heterocycles. The quantitative estimate of drug-likeness (QED) is 0.847. The Labute approximate surface area is 112 Å². The van der Waals surface area contributed by atoms with Gasteiger partial charge in [0.1, 0.15) is 9.84 Å². The first kappa shape index (κ1) is 13.4. The number of sulfone groups is 1. The molecular weight excluding hydrogens is 270 g/mol. The van der Waals surface area contributed by atoms with Gasteiger partial charge in [-0.2, -0.15) is 0 Å². The molecule has 0 N–H and O–H groups in total. The Bertz CT molecular complexity index is 646. The summed E-state index contributed by atoms with van der Waals surface area (Å²) in [4.78, 5) is 0. The number of halogens is 1. The highest BCUT2D eigenvalue weighted by Crippen LogP contribution is 2.20. The summed E-state index contributed by atoms with van der Waals surface area (Å²) in [5.74, 6) is 0.453. The molecule has 18 heavy (non-hydrogen) atoms. The standard InChI is InChI=1S/C13H16ClNO2S/c1-2-18(16,17)9-3-7-15-8-6-11-4-5-12(14)10-13(11)15/h4-6,8,10H,2-3,7,9H2,1H3.